The Morgan fingerprint density at radius 1 is 1.10 bits per heavy atom. The number of aromatic nitrogens is 1. The second kappa shape index (κ2) is 5.17. The van der Waals surface area contributed by atoms with Crippen molar-refractivity contribution in [3.05, 3.63) is 66.2 Å². The summed E-state index contributed by atoms with van der Waals surface area (Å²) in [6.07, 6.45) is 3.48. The predicted octanol–water partition coefficient (Wildman–Crippen LogP) is 3.57. The Morgan fingerprint density at radius 3 is 2.80 bits per heavy atom. The summed E-state index contributed by atoms with van der Waals surface area (Å²) < 4.78 is 13.6. The lowest BCUT2D eigenvalue weighted by atomic mass is 10.1. The van der Waals surface area contributed by atoms with Crippen LogP contribution in [-0.4, -0.2) is 4.98 Å². The molecule has 3 rings (SSSR count). The number of nitrogens with two attached hydrogens (primary N) is 1. The molecule has 3 aromatic rings. The average Bonchev–Trinajstić information content (AvgIpc) is 2.48. The van der Waals surface area contributed by atoms with Crippen LogP contribution >= 0.6 is 0 Å². The van der Waals surface area contributed by atoms with Crippen molar-refractivity contribution in [1.29, 1.82) is 0 Å². The van der Waals surface area contributed by atoms with Crippen molar-refractivity contribution >= 4 is 22.1 Å². The molecular formula is C16H14FN3. The standard InChI is InChI=1S/C16H14FN3/c17-14-4-2-1-3-12(14)10-20-15-6-5-11-9-19-8-7-13(11)16(15)18/h1-9,20H,10,18H2. The van der Waals surface area contributed by atoms with Crippen LogP contribution in [0.5, 0.6) is 0 Å². The molecule has 3 N–H and O–H groups in total. The molecule has 0 aliphatic heterocycles. The van der Waals surface area contributed by atoms with E-state index >= 15 is 0 Å². The summed E-state index contributed by atoms with van der Waals surface area (Å²) in [4.78, 5) is 4.06. The third-order valence-corrected chi connectivity index (χ3v) is 3.29. The Hall–Kier alpha value is -2.62. The third-order valence-electron chi connectivity index (χ3n) is 3.29. The number of fused-ring (bicyclic) bond motifs is 1. The first kappa shape index (κ1) is 12.4. The van der Waals surface area contributed by atoms with Crippen molar-refractivity contribution in [2.24, 2.45) is 0 Å². The maximum atomic E-state index is 13.6. The molecular weight excluding hydrogens is 253 g/mol. The topological polar surface area (TPSA) is 50.9 Å². The highest BCUT2D eigenvalue weighted by Crippen LogP contribution is 2.28. The van der Waals surface area contributed by atoms with Gasteiger partial charge in [-0.25, -0.2) is 4.39 Å². The highest BCUT2D eigenvalue weighted by atomic mass is 19.1. The fraction of sp³-hybridized carbons (Fsp3) is 0.0625. The van der Waals surface area contributed by atoms with Crippen LogP contribution in [0, 0.1) is 5.82 Å². The van der Waals surface area contributed by atoms with Gasteiger partial charge in [-0.15, -0.1) is 0 Å². The molecule has 1 heterocycles. The van der Waals surface area contributed by atoms with Crippen LogP contribution in [0.1, 0.15) is 5.56 Å². The summed E-state index contributed by atoms with van der Waals surface area (Å²) in [5.41, 5.74) is 8.20. The fourth-order valence-corrected chi connectivity index (χ4v) is 2.18. The van der Waals surface area contributed by atoms with Gasteiger partial charge in [0.2, 0.25) is 0 Å². The summed E-state index contributed by atoms with van der Waals surface area (Å²) in [6.45, 7) is 0.396. The average molecular weight is 267 g/mol. The first-order chi connectivity index (χ1) is 9.75. The molecule has 100 valence electrons. The van der Waals surface area contributed by atoms with E-state index in [0.717, 1.165) is 16.5 Å². The van der Waals surface area contributed by atoms with Gasteiger partial charge in [-0.05, 0) is 18.2 Å². The molecule has 20 heavy (non-hydrogen) atoms. The van der Waals surface area contributed by atoms with Gasteiger partial charge >= 0.3 is 0 Å². The van der Waals surface area contributed by atoms with E-state index in [1.54, 1.807) is 24.5 Å². The normalized spacial score (nSPS) is 10.7. The van der Waals surface area contributed by atoms with Crippen LogP contribution in [0.3, 0.4) is 0 Å². The van der Waals surface area contributed by atoms with Crippen LogP contribution in [-0.2, 0) is 6.54 Å². The molecule has 0 aliphatic rings. The fourth-order valence-electron chi connectivity index (χ4n) is 2.18. The molecule has 0 radical (unpaired) electrons. The molecule has 2 aromatic carbocycles. The smallest absolute Gasteiger partial charge is 0.128 e. The number of hydrogen-bond donors (Lipinski definition) is 2. The molecule has 1 aromatic heterocycles. The number of anilines is 2. The quantitative estimate of drug-likeness (QED) is 0.713. The summed E-state index contributed by atoms with van der Waals surface area (Å²) in [5.74, 6) is -0.219. The monoisotopic (exact) mass is 267 g/mol. The molecule has 0 unspecified atom stereocenters. The van der Waals surface area contributed by atoms with Gasteiger partial charge < -0.3 is 11.1 Å². The minimum atomic E-state index is -0.219. The van der Waals surface area contributed by atoms with Crippen LogP contribution < -0.4 is 11.1 Å². The van der Waals surface area contributed by atoms with E-state index in [1.165, 1.54) is 6.07 Å². The zero-order valence-corrected chi connectivity index (χ0v) is 10.8. The number of hydrogen-bond acceptors (Lipinski definition) is 3. The Morgan fingerprint density at radius 2 is 1.95 bits per heavy atom. The molecule has 0 saturated heterocycles. The van der Waals surface area contributed by atoms with Gasteiger partial charge in [0.1, 0.15) is 5.82 Å². The zero-order chi connectivity index (χ0) is 13.9. The van der Waals surface area contributed by atoms with E-state index in [1.807, 2.05) is 24.3 Å². The second-order valence-corrected chi connectivity index (χ2v) is 4.57. The zero-order valence-electron chi connectivity index (χ0n) is 10.8. The number of nitrogens with one attached hydrogen (secondary N) is 1. The molecule has 0 spiro atoms. The van der Waals surface area contributed by atoms with Gasteiger partial charge in [0, 0.05) is 35.3 Å². The first-order valence-corrected chi connectivity index (χ1v) is 6.35. The second-order valence-electron chi connectivity index (χ2n) is 4.57. The van der Waals surface area contributed by atoms with E-state index in [9.17, 15) is 4.39 Å². The molecule has 3 nitrogen and oxygen atoms in total. The van der Waals surface area contributed by atoms with Gasteiger partial charge in [-0.2, -0.15) is 0 Å². The van der Waals surface area contributed by atoms with Gasteiger partial charge in [0.05, 0.1) is 11.4 Å². The van der Waals surface area contributed by atoms with Crippen molar-refractivity contribution < 1.29 is 4.39 Å². The van der Waals surface area contributed by atoms with Gasteiger partial charge in [0.25, 0.3) is 0 Å². The summed E-state index contributed by atoms with van der Waals surface area (Å²) in [7, 11) is 0. The van der Waals surface area contributed by atoms with E-state index in [0.29, 0.717) is 17.8 Å². The van der Waals surface area contributed by atoms with E-state index in [-0.39, 0.29) is 5.82 Å². The van der Waals surface area contributed by atoms with Crippen LogP contribution in [0.4, 0.5) is 15.8 Å². The van der Waals surface area contributed by atoms with Gasteiger partial charge in [0.15, 0.2) is 0 Å². The Bertz CT molecular complexity index is 756. The maximum absolute atomic E-state index is 13.6. The van der Waals surface area contributed by atoms with Crippen LogP contribution in [0.25, 0.3) is 10.8 Å². The SMILES string of the molecule is Nc1c(NCc2ccccc2F)ccc2cnccc12. The molecule has 0 fully saturated rings. The largest absolute Gasteiger partial charge is 0.397 e. The number of rotatable bonds is 3. The maximum Gasteiger partial charge on any atom is 0.128 e. The number of nitrogen functional groups attached to an aromatic ring is 1. The third kappa shape index (κ3) is 2.28. The highest BCUT2D eigenvalue weighted by molar-refractivity contribution is 5.98. The number of benzene rings is 2. The molecule has 0 saturated carbocycles. The van der Waals surface area contributed by atoms with Crippen molar-refractivity contribution in [3.63, 3.8) is 0 Å². The van der Waals surface area contributed by atoms with E-state index in [4.69, 9.17) is 5.73 Å². The Labute approximate surface area is 116 Å². The van der Waals surface area contributed by atoms with Crippen molar-refractivity contribution in [3.8, 4) is 0 Å². The summed E-state index contributed by atoms with van der Waals surface area (Å²) in [6, 6.07) is 12.4. The molecule has 4 heteroatoms. The lowest BCUT2D eigenvalue weighted by Crippen LogP contribution is -2.04. The summed E-state index contributed by atoms with van der Waals surface area (Å²) in [5, 5.41) is 5.11. The first-order valence-electron chi connectivity index (χ1n) is 6.35. The van der Waals surface area contributed by atoms with Crippen molar-refractivity contribution in [2.75, 3.05) is 11.1 Å². The van der Waals surface area contributed by atoms with E-state index < -0.39 is 0 Å². The van der Waals surface area contributed by atoms with Gasteiger partial charge in [-0.1, -0.05) is 24.3 Å². The number of pyridine rings is 1. The van der Waals surface area contributed by atoms with Crippen molar-refractivity contribution in [1.82, 2.24) is 4.98 Å². The highest BCUT2D eigenvalue weighted by Gasteiger charge is 2.05. The minimum Gasteiger partial charge on any atom is -0.397 e. The summed E-state index contributed by atoms with van der Waals surface area (Å²) >= 11 is 0. The Kier molecular flexibility index (Phi) is 3.21. The molecule has 0 atom stereocenters. The molecule has 0 amide bonds. The Balaban J connectivity index is 1.88. The van der Waals surface area contributed by atoms with Gasteiger partial charge in [-0.3, -0.25) is 4.98 Å². The van der Waals surface area contributed by atoms with E-state index in [2.05, 4.69) is 10.3 Å². The number of halogens is 1. The molecule has 0 aliphatic carbocycles. The van der Waals surface area contributed by atoms with Crippen molar-refractivity contribution in [2.45, 2.75) is 6.54 Å². The lowest BCUT2D eigenvalue weighted by molar-refractivity contribution is 0.613. The van der Waals surface area contributed by atoms with Crippen LogP contribution in [0.15, 0.2) is 54.9 Å². The lowest BCUT2D eigenvalue weighted by Gasteiger charge is -2.12. The predicted molar refractivity (Wildman–Crippen MR) is 79.9 cm³/mol. The number of nitrogens with zero attached hydrogens (tertiary/aromatic N) is 1. The van der Waals surface area contributed by atoms with Crippen LogP contribution in [0.2, 0.25) is 0 Å². The minimum absolute atomic E-state index is 0.219. The molecule has 0 bridgehead atoms.